The Morgan fingerprint density at radius 3 is 2.83 bits per heavy atom. The van der Waals surface area contributed by atoms with Crippen molar-refractivity contribution in [2.75, 3.05) is 18.7 Å². The molecule has 2 heterocycles. The van der Waals surface area contributed by atoms with E-state index in [4.69, 9.17) is 4.74 Å². The maximum absolute atomic E-state index is 13.1. The Bertz CT molecular complexity index is 1000. The van der Waals surface area contributed by atoms with Gasteiger partial charge in [-0.15, -0.1) is 11.8 Å². The lowest BCUT2D eigenvalue weighted by Crippen LogP contribution is -2.48. The summed E-state index contributed by atoms with van der Waals surface area (Å²) >= 11 is 1.49. The predicted molar refractivity (Wildman–Crippen MR) is 111 cm³/mol. The molecule has 1 fully saturated rings. The van der Waals surface area contributed by atoms with E-state index >= 15 is 0 Å². The van der Waals surface area contributed by atoms with Gasteiger partial charge in [-0.1, -0.05) is 12.1 Å². The van der Waals surface area contributed by atoms with E-state index in [1.165, 1.54) is 23.7 Å². The molecule has 0 bridgehead atoms. The lowest BCUT2D eigenvalue weighted by atomic mass is 10.1. The second kappa shape index (κ2) is 8.69. The van der Waals surface area contributed by atoms with Crippen molar-refractivity contribution in [1.82, 2.24) is 20.0 Å². The zero-order valence-corrected chi connectivity index (χ0v) is 17.7. The summed E-state index contributed by atoms with van der Waals surface area (Å²) < 4.78 is 6.36. The molecule has 1 saturated heterocycles. The van der Waals surface area contributed by atoms with Gasteiger partial charge < -0.3 is 15.0 Å². The average molecular weight is 417 g/mol. The van der Waals surface area contributed by atoms with Gasteiger partial charge in [0.2, 0.25) is 5.91 Å². The van der Waals surface area contributed by atoms with Crippen LogP contribution in [0.2, 0.25) is 0 Å². The van der Waals surface area contributed by atoms with Crippen molar-refractivity contribution >= 4 is 23.6 Å². The molecule has 0 saturated carbocycles. The van der Waals surface area contributed by atoms with Crippen LogP contribution in [0.25, 0.3) is 0 Å². The number of benzene rings is 1. The molecule has 0 spiro atoms. The van der Waals surface area contributed by atoms with Gasteiger partial charge in [0.05, 0.1) is 18.7 Å². The number of rotatable bonds is 5. The molecule has 8 nitrogen and oxygen atoms in total. The molecule has 3 rings (SSSR count). The normalized spacial score (nSPS) is 16.0. The number of carbonyl (C=O) groups excluding carboxylic acids is 2. The van der Waals surface area contributed by atoms with E-state index in [0.29, 0.717) is 35.2 Å². The molecule has 9 heteroatoms. The van der Waals surface area contributed by atoms with Gasteiger partial charge in [0.1, 0.15) is 17.4 Å². The number of hydrogen-bond acceptors (Lipinski definition) is 6. The van der Waals surface area contributed by atoms with E-state index in [9.17, 15) is 14.4 Å². The first-order valence-electron chi connectivity index (χ1n) is 9.17. The van der Waals surface area contributed by atoms with E-state index < -0.39 is 17.5 Å². The summed E-state index contributed by atoms with van der Waals surface area (Å²) in [6.07, 6.45) is 0. The van der Waals surface area contributed by atoms with Gasteiger partial charge in [-0.2, -0.15) is 5.10 Å². The van der Waals surface area contributed by atoms with Crippen LogP contribution in [0.4, 0.5) is 0 Å². The van der Waals surface area contributed by atoms with E-state index in [2.05, 4.69) is 10.4 Å². The van der Waals surface area contributed by atoms with Crippen molar-refractivity contribution in [3.63, 3.8) is 0 Å². The van der Waals surface area contributed by atoms with E-state index in [-0.39, 0.29) is 11.5 Å². The van der Waals surface area contributed by atoms with Crippen molar-refractivity contribution in [3.8, 4) is 5.75 Å². The number of nitrogens with one attached hydrogen (secondary N) is 1. The molecule has 1 aromatic carbocycles. The van der Waals surface area contributed by atoms with Crippen LogP contribution in [-0.2, 0) is 18.4 Å². The SMILES string of the molecule is COc1cccc(CNC(=O)C2CSCN2C(=O)c2c(C)c(C)nn(C)c2=O)c1. The summed E-state index contributed by atoms with van der Waals surface area (Å²) in [5.41, 5.74) is 1.68. The predicted octanol–water partition coefficient (Wildman–Crippen LogP) is 1.24. The molecule has 1 unspecified atom stereocenters. The van der Waals surface area contributed by atoms with Gasteiger partial charge in [0.15, 0.2) is 0 Å². The highest BCUT2D eigenvalue weighted by atomic mass is 32.2. The fraction of sp³-hybridized carbons (Fsp3) is 0.400. The van der Waals surface area contributed by atoms with Crippen molar-refractivity contribution in [2.45, 2.75) is 26.4 Å². The first-order valence-corrected chi connectivity index (χ1v) is 10.3. The van der Waals surface area contributed by atoms with Gasteiger partial charge in [-0.3, -0.25) is 14.4 Å². The number of carbonyl (C=O) groups is 2. The van der Waals surface area contributed by atoms with Gasteiger partial charge in [0.25, 0.3) is 11.5 Å². The number of aryl methyl sites for hydroxylation is 2. The Morgan fingerprint density at radius 2 is 2.10 bits per heavy atom. The standard InChI is InChI=1S/C20H24N4O4S/c1-12-13(2)22-23(3)19(26)17(12)20(27)24-11-29-10-16(24)18(25)21-9-14-6-5-7-15(8-14)28-4/h5-8,16H,9-11H2,1-4H3,(H,21,25). The number of nitrogens with zero attached hydrogens (tertiary/aromatic N) is 3. The summed E-state index contributed by atoms with van der Waals surface area (Å²) in [6, 6.07) is 6.79. The molecule has 2 aromatic rings. The Hall–Kier alpha value is -2.81. The molecule has 1 aliphatic heterocycles. The molecule has 1 atom stereocenters. The minimum Gasteiger partial charge on any atom is -0.497 e. The Kier molecular flexibility index (Phi) is 6.26. The molecule has 1 aliphatic rings. The van der Waals surface area contributed by atoms with Crippen LogP contribution in [0.5, 0.6) is 5.75 Å². The highest BCUT2D eigenvalue weighted by Crippen LogP contribution is 2.24. The fourth-order valence-corrected chi connectivity index (χ4v) is 4.35. The number of methoxy groups -OCH3 is 1. The molecule has 0 aliphatic carbocycles. The third-order valence-corrected chi connectivity index (χ3v) is 6.00. The lowest BCUT2D eigenvalue weighted by molar-refractivity contribution is -0.124. The molecular formula is C20H24N4O4S. The third-order valence-electron chi connectivity index (χ3n) is 4.99. The second-order valence-electron chi connectivity index (χ2n) is 6.87. The number of aromatic nitrogens is 2. The monoisotopic (exact) mass is 416 g/mol. The van der Waals surface area contributed by atoms with Crippen molar-refractivity contribution in [2.24, 2.45) is 7.05 Å². The summed E-state index contributed by atoms with van der Waals surface area (Å²) in [6.45, 7) is 3.79. The molecule has 154 valence electrons. The van der Waals surface area contributed by atoms with Crippen LogP contribution in [0.3, 0.4) is 0 Å². The van der Waals surface area contributed by atoms with Crippen molar-refractivity contribution < 1.29 is 14.3 Å². The Balaban J connectivity index is 1.77. The molecular weight excluding hydrogens is 392 g/mol. The maximum Gasteiger partial charge on any atom is 0.279 e. The van der Waals surface area contributed by atoms with Crippen LogP contribution in [0, 0.1) is 13.8 Å². The zero-order chi connectivity index (χ0) is 21.1. The largest absolute Gasteiger partial charge is 0.497 e. The fourth-order valence-electron chi connectivity index (χ4n) is 3.19. The second-order valence-corrected chi connectivity index (χ2v) is 7.87. The van der Waals surface area contributed by atoms with Gasteiger partial charge in [-0.05, 0) is 37.1 Å². The summed E-state index contributed by atoms with van der Waals surface area (Å²) in [7, 11) is 3.10. The number of thioether (sulfide) groups is 1. The number of ether oxygens (including phenoxy) is 1. The average Bonchev–Trinajstić information content (AvgIpc) is 3.21. The number of hydrogen-bond donors (Lipinski definition) is 1. The number of amides is 2. The summed E-state index contributed by atoms with van der Waals surface area (Å²) in [5.74, 6) is 0.884. The van der Waals surface area contributed by atoms with Crippen molar-refractivity contribution in [3.05, 3.63) is 57.0 Å². The zero-order valence-electron chi connectivity index (χ0n) is 16.9. The first kappa shape index (κ1) is 20.9. The molecule has 1 N–H and O–H groups in total. The Morgan fingerprint density at radius 1 is 1.34 bits per heavy atom. The van der Waals surface area contributed by atoms with Crippen LogP contribution >= 0.6 is 11.8 Å². The first-order chi connectivity index (χ1) is 13.8. The maximum atomic E-state index is 13.1. The Labute approximate surface area is 173 Å². The van der Waals surface area contributed by atoms with Crippen LogP contribution in [0.15, 0.2) is 29.1 Å². The highest BCUT2D eigenvalue weighted by Gasteiger charge is 2.37. The van der Waals surface area contributed by atoms with Crippen molar-refractivity contribution in [1.29, 1.82) is 0 Å². The van der Waals surface area contributed by atoms with E-state index in [1.54, 1.807) is 21.0 Å². The summed E-state index contributed by atoms with van der Waals surface area (Å²) in [5, 5.41) is 7.00. The lowest BCUT2D eigenvalue weighted by Gasteiger charge is -2.24. The topological polar surface area (TPSA) is 93.5 Å². The van der Waals surface area contributed by atoms with Gasteiger partial charge in [0, 0.05) is 19.3 Å². The molecule has 2 amide bonds. The minimum absolute atomic E-state index is 0.0769. The smallest absolute Gasteiger partial charge is 0.279 e. The van der Waals surface area contributed by atoms with E-state index in [1.807, 2.05) is 24.3 Å². The quantitative estimate of drug-likeness (QED) is 0.788. The summed E-state index contributed by atoms with van der Waals surface area (Å²) in [4.78, 5) is 39.9. The molecule has 29 heavy (non-hydrogen) atoms. The van der Waals surface area contributed by atoms with Crippen LogP contribution in [-0.4, -0.2) is 51.3 Å². The van der Waals surface area contributed by atoms with Crippen LogP contribution < -0.4 is 15.6 Å². The molecule has 0 radical (unpaired) electrons. The van der Waals surface area contributed by atoms with Gasteiger partial charge in [-0.25, -0.2) is 4.68 Å². The van der Waals surface area contributed by atoms with E-state index in [0.717, 1.165) is 10.2 Å². The highest BCUT2D eigenvalue weighted by molar-refractivity contribution is 7.99. The minimum atomic E-state index is -0.629. The molecule has 1 aromatic heterocycles. The third kappa shape index (κ3) is 4.29. The van der Waals surface area contributed by atoms with Gasteiger partial charge >= 0.3 is 0 Å². The van der Waals surface area contributed by atoms with Crippen LogP contribution in [0.1, 0.15) is 27.2 Å².